The van der Waals surface area contributed by atoms with Crippen LogP contribution in [0.25, 0.3) is 17.2 Å². The molecular formula is C38H43NO5S. The zero-order chi connectivity index (χ0) is 31.9. The number of unbranched alkanes of at least 4 members (excludes halogenated alkanes) is 1. The van der Waals surface area contributed by atoms with Crippen LogP contribution in [-0.4, -0.2) is 41.9 Å². The Labute approximate surface area is 269 Å². The van der Waals surface area contributed by atoms with E-state index in [1.807, 2.05) is 79.0 Å². The minimum Gasteiger partial charge on any atom is -0.496 e. The number of hydrogen-bond donors (Lipinski definition) is 0. The first-order chi connectivity index (χ1) is 22.0. The standard InChI is InChI=1S/C38H43NO5S/c1-4-6-22-43-23-24-44-36-15-11-31(12-16-36)32-13-19-38(42-3)33(26-32)10-14-35(40)25-29-8-17-37(18-9-29)45(41)28-34-27-39-21-20-30(34)7-5-2/h8-21,26-27H,4-7,22-25,28H2,1-3H3/b14-10+. The van der Waals surface area contributed by atoms with Crippen LogP contribution in [0.1, 0.15) is 55.4 Å². The fourth-order valence-electron chi connectivity index (χ4n) is 4.88. The summed E-state index contributed by atoms with van der Waals surface area (Å²) in [5.41, 5.74) is 5.94. The smallest absolute Gasteiger partial charge is 0.160 e. The molecule has 1 unspecified atom stereocenters. The summed E-state index contributed by atoms with van der Waals surface area (Å²) in [5, 5.41) is 0. The number of nitrogens with zero attached hydrogens (tertiary/aromatic N) is 1. The first-order valence-electron chi connectivity index (χ1n) is 15.6. The average molecular weight is 626 g/mol. The molecule has 1 heterocycles. The van der Waals surface area contributed by atoms with Crippen LogP contribution in [0.4, 0.5) is 0 Å². The number of carbonyl (C=O) groups excluding carboxylic acids is 1. The highest BCUT2D eigenvalue weighted by atomic mass is 32.2. The number of allylic oxidation sites excluding steroid dienone is 1. The lowest BCUT2D eigenvalue weighted by Crippen LogP contribution is -2.07. The lowest BCUT2D eigenvalue weighted by molar-refractivity contribution is -0.113. The summed E-state index contributed by atoms with van der Waals surface area (Å²) in [5.74, 6) is 1.88. The summed E-state index contributed by atoms with van der Waals surface area (Å²) in [6.07, 6.45) is 11.4. The molecule has 0 bridgehead atoms. The van der Waals surface area contributed by atoms with E-state index in [0.29, 0.717) is 24.7 Å². The number of methoxy groups -OCH3 is 1. The van der Waals surface area contributed by atoms with Gasteiger partial charge in [-0.15, -0.1) is 0 Å². The number of ketones is 1. The third kappa shape index (κ3) is 10.5. The van der Waals surface area contributed by atoms with Crippen LogP contribution in [0, 0.1) is 0 Å². The van der Waals surface area contributed by atoms with Crippen molar-refractivity contribution in [1.29, 1.82) is 0 Å². The lowest BCUT2D eigenvalue weighted by atomic mass is 10.0. The second kappa shape index (κ2) is 18.0. The average Bonchev–Trinajstić information content (AvgIpc) is 3.07. The molecule has 7 heteroatoms. The van der Waals surface area contributed by atoms with Crippen molar-refractivity contribution in [1.82, 2.24) is 4.98 Å². The van der Waals surface area contributed by atoms with E-state index in [-0.39, 0.29) is 12.2 Å². The molecule has 1 aromatic heterocycles. The Morgan fingerprint density at radius 2 is 1.64 bits per heavy atom. The number of hydrogen-bond acceptors (Lipinski definition) is 6. The van der Waals surface area contributed by atoms with Gasteiger partial charge in [0.15, 0.2) is 5.78 Å². The molecule has 0 N–H and O–H groups in total. The molecule has 6 nitrogen and oxygen atoms in total. The molecule has 0 fully saturated rings. The van der Waals surface area contributed by atoms with Crippen molar-refractivity contribution >= 4 is 22.7 Å². The van der Waals surface area contributed by atoms with Crippen molar-refractivity contribution < 1.29 is 23.2 Å². The molecule has 0 saturated carbocycles. The number of carbonyl (C=O) groups is 1. The van der Waals surface area contributed by atoms with Crippen molar-refractivity contribution in [3.8, 4) is 22.6 Å². The monoisotopic (exact) mass is 625 g/mol. The molecule has 0 spiro atoms. The minimum absolute atomic E-state index is 0.0314. The van der Waals surface area contributed by atoms with Gasteiger partial charge in [0.25, 0.3) is 0 Å². The van der Waals surface area contributed by atoms with E-state index >= 15 is 0 Å². The summed E-state index contributed by atoms with van der Waals surface area (Å²) in [6, 6.07) is 23.3. The third-order valence-electron chi connectivity index (χ3n) is 7.38. The van der Waals surface area contributed by atoms with Gasteiger partial charge in [0.05, 0.1) is 30.3 Å². The molecule has 236 valence electrons. The summed E-state index contributed by atoms with van der Waals surface area (Å²) in [7, 11) is 0.432. The Morgan fingerprint density at radius 1 is 0.867 bits per heavy atom. The van der Waals surface area contributed by atoms with Crippen LogP contribution in [0.15, 0.2) is 96.2 Å². The maximum absolute atomic E-state index is 13.0. The first kappa shape index (κ1) is 33.8. The van der Waals surface area contributed by atoms with E-state index in [0.717, 1.165) is 70.8 Å². The molecule has 0 aliphatic heterocycles. The second-order valence-corrected chi connectivity index (χ2v) is 12.3. The molecule has 45 heavy (non-hydrogen) atoms. The third-order valence-corrected chi connectivity index (χ3v) is 8.75. The number of aromatic nitrogens is 1. The Kier molecular flexibility index (Phi) is 13.6. The van der Waals surface area contributed by atoms with E-state index in [1.165, 1.54) is 5.56 Å². The normalized spacial score (nSPS) is 11.9. The minimum atomic E-state index is -1.19. The molecular weight excluding hydrogens is 582 g/mol. The van der Waals surface area contributed by atoms with Gasteiger partial charge in [-0.05, 0) is 95.3 Å². The molecule has 3 aromatic carbocycles. The summed E-state index contributed by atoms with van der Waals surface area (Å²) < 4.78 is 29.9. The maximum Gasteiger partial charge on any atom is 0.160 e. The fraction of sp³-hybridized carbons (Fsp3) is 0.316. The molecule has 0 aliphatic rings. The van der Waals surface area contributed by atoms with E-state index in [9.17, 15) is 9.00 Å². The molecule has 4 rings (SSSR count). The topological polar surface area (TPSA) is 74.7 Å². The van der Waals surface area contributed by atoms with Crippen LogP contribution in [0.3, 0.4) is 0 Å². The molecule has 4 aromatic rings. The van der Waals surface area contributed by atoms with Gasteiger partial charge in [0.1, 0.15) is 18.1 Å². The van der Waals surface area contributed by atoms with Crippen molar-refractivity contribution in [2.24, 2.45) is 0 Å². The highest BCUT2D eigenvalue weighted by Crippen LogP contribution is 2.29. The highest BCUT2D eigenvalue weighted by molar-refractivity contribution is 7.84. The van der Waals surface area contributed by atoms with E-state index in [2.05, 4.69) is 18.8 Å². The lowest BCUT2D eigenvalue weighted by Gasteiger charge is -2.10. The first-order valence-corrected chi connectivity index (χ1v) is 16.9. The van der Waals surface area contributed by atoms with Crippen LogP contribution < -0.4 is 9.47 Å². The predicted octanol–water partition coefficient (Wildman–Crippen LogP) is 8.04. The Morgan fingerprint density at radius 3 is 2.38 bits per heavy atom. The zero-order valence-electron chi connectivity index (χ0n) is 26.5. The largest absolute Gasteiger partial charge is 0.496 e. The van der Waals surface area contributed by atoms with Gasteiger partial charge in [-0.25, -0.2) is 0 Å². The van der Waals surface area contributed by atoms with Gasteiger partial charge in [-0.1, -0.05) is 57.0 Å². The number of rotatable bonds is 18. The summed E-state index contributed by atoms with van der Waals surface area (Å²) in [4.78, 5) is 17.8. The van der Waals surface area contributed by atoms with Crippen LogP contribution >= 0.6 is 0 Å². The van der Waals surface area contributed by atoms with Crippen LogP contribution in [-0.2, 0) is 38.9 Å². The van der Waals surface area contributed by atoms with Gasteiger partial charge < -0.3 is 14.2 Å². The van der Waals surface area contributed by atoms with E-state index in [4.69, 9.17) is 14.2 Å². The number of ether oxygens (including phenoxy) is 3. The second-order valence-electron chi connectivity index (χ2n) is 10.8. The number of pyridine rings is 1. The molecule has 0 amide bonds. The molecule has 1 atom stereocenters. The maximum atomic E-state index is 13.0. The Hall–Kier alpha value is -4.07. The SMILES string of the molecule is CCCCOCCOc1ccc(-c2ccc(OC)c(/C=C/C(=O)Cc3ccc(S(=O)Cc4cnccc4CCC)cc3)c2)cc1. The van der Waals surface area contributed by atoms with E-state index < -0.39 is 10.8 Å². The fourth-order valence-corrected chi connectivity index (χ4v) is 6.03. The van der Waals surface area contributed by atoms with Gasteiger partial charge >= 0.3 is 0 Å². The quantitative estimate of drug-likeness (QED) is 0.0823. The highest BCUT2D eigenvalue weighted by Gasteiger charge is 2.11. The molecule has 0 radical (unpaired) electrons. The van der Waals surface area contributed by atoms with Crippen molar-refractivity contribution in [3.05, 3.63) is 114 Å². The summed E-state index contributed by atoms with van der Waals surface area (Å²) >= 11 is 0. The Balaban J connectivity index is 1.34. The van der Waals surface area contributed by atoms with Crippen molar-refractivity contribution in [3.63, 3.8) is 0 Å². The molecule has 0 aliphatic carbocycles. The van der Waals surface area contributed by atoms with Gasteiger partial charge in [0, 0.05) is 35.9 Å². The van der Waals surface area contributed by atoms with Crippen molar-refractivity contribution in [2.45, 2.75) is 56.6 Å². The Bertz CT molecular complexity index is 1560. The van der Waals surface area contributed by atoms with Gasteiger partial charge in [-0.3, -0.25) is 14.0 Å². The van der Waals surface area contributed by atoms with Crippen LogP contribution in [0.2, 0.25) is 0 Å². The predicted molar refractivity (Wildman–Crippen MR) is 182 cm³/mol. The number of benzene rings is 3. The van der Waals surface area contributed by atoms with Crippen molar-refractivity contribution in [2.75, 3.05) is 26.9 Å². The van der Waals surface area contributed by atoms with E-state index in [1.54, 1.807) is 25.5 Å². The zero-order valence-corrected chi connectivity index (χ0v) is 27.3. The van der Waals surface area contributed by atoms with Gasteiger partial charge in [-0.2, -0.15) is 0 Å². The van der Waals surface area contributed by atoms with Crippen LogP contribution in [0.5, 0.6) is 11.5 Å². The van der Waals surface area contributed by atoms with Gasteiger partial charge in [0.2, 0.25) is 0 Å². The molecule has 0 saturated heterocycles. The summed E-state index contributed by atoms with van der Waals surface area (Å²) in [6.45, 7) is 6.14. The number of aryl methyl sites for hydroxylation is 1.